The van der Waals surface area contributed by atoms with Gasteiger partial charge in [0.2, 0.25) is 0 Å². The molecule has 134 valence electrons. The van der Waals surface area contributed by atoms with E-state index in [-0.39, 0.29) is 0 Å². The van der Waals surface area contributed by atoms with Crippen LogP contribution in [0.1, 0.15) is 65.2 Å². The van der Waals surface area contributed by atoms with E-state index in [0.717, 1.165) is 68.2 Å². The van der Waals surface area contributed by atoms with Gasteiger partial charge in [-0.05, 0) is 83.3 Å². The minimum Gasteiger partial charge on any atom is -0.372 e. The number of carbonyl (C=O) groups is 2. The zero-order valence-electron chi connectivity index (χ0n) is 15.6. The predicted octanol–water partition coefficient (Wildman–Crippen LogP) is 4.27. The number of rotatable bonds is 3. The molecule has 0 atom stereocenters. The quantitative estimate of drug-likeness (QED) is 0.776. The van der Waals surface area contributed by atoms with E-state index in [1.165, 1.54) is 0 Å². The predicted molar refractivity (Wildman–Crippen MR) is 98.6 cm³/mol. The van der Waals surface area contributed by atoms with Gasteiger partial charge in [-0.2, -0.15) is 0 Å². The van der Waals surface area contributed by atoms with Gasteiger partial charge in [-0.15, -0.1) is 0 Å². The molecule has 0 N–H and O–H groups in total. The van der Waals surface area contributed by atoms with Crippen LogP contribution in [0, 0.1) is 27.7 Å². The average Bonchev–Trinajstić information content (AvgIpc) is 3.31. The first-order valence-corrected chi connectivity index (χ1v) is 8.87. The molecule has 0 aliphatic carbocycles. The van der Waals surface area contributed by atoms with E-state index in [0.29, 0.717) is 37.6 Å². The van der Waals surface area contributed by atoms with E-state index in [1.807, 2.05) is 27.7 Å². The Morgan fingerprint density at radius 3 is 1.19 bits per heavy atom. The van der Waals surface area contributed by atoms with Gasteiger partial charge >= 0.3 is 0 Å². The molecule has 0 amide bonds. The standard InChI is InChI=1S/C22H22O4/c1-11-15(5-23)21(13(3)19-9-25-7-17(11)19)22-14(4)20-10-26-8-18(20)12(2)16(22)6-24/h5-6H,7-10H2,1-4H3. The van der Waals surface area contributed by atoms with Gasteiger partial charge in [-0.25, -0.2) is 0 Å². The fraction of sp³-hybridized carbons (Fsp3) is 0.364. The number of fused-ring (bicyclic) bond motifs is 2. The van der Waals surface area contributed by atoms with Crippen molar-refractivity contribution in [1.29, 1.82) is 0 Å². The molecular formula is C22H22O4. The van der Waals surface area contributed by atoms with E-state index in [1.54, 1.807) is 0 Å². The van der Waals surface area contributed by atoms with Crippen molar-refractivity contribution in [1.82, 2.24) is 0 Å². The van der Waals surface area contributed by atoms with E-state index in [4.69, 9.17) is 9.47 Å². The van der Waals surface area contributed by atoms with Gasteiger partial charge < -0.3 is 9.47 Å². The van der Waals surface area contributed by atoms with Crippen molar-refractivity contribution in [2.75, 3.05) is 0 Å². The van der Waals surface area contributed by atoms with E-state index < -0.39 is 0 Å². The van der Waals surface area contributed by atoms with Crippen molar-refractivity contribution in [2.45, 2.75) is 54.1 Å². The Balaban J connectivity index is 2.16. The van der Waals surface area contributed by atoms with Crippen LogP contribution in [0.25, 0.3) is 11.1 Å². The third-order valence-corrected chi connectivity index (χ3v) is 6.11. The number of ether oxygens (including phenoxy) is 2. The first-order valence-electron chi connectivity index (χ1n) is 8.87. The first kappa shape index (κ1) is 17.1. The van der Waals surface area contributed by atoms with Crippen LogP contribution >= 0.6 is 0 Å². The van der Waals surface area contributed by atoms with Crippen molar-refractivity contribution in [3.63, 3.8) is 0 Å². The van der Waals surface area contributed by atoms with Crippen LogP contribution in [0.3, 0.4) is 0 Å². The summed E-state index contributed by atoms with van der Waals surface area (Å²) in [5.74, 6) is 0. The molecule has 0 unspecified atom stereocenters. The monoisotopic (exact) mass is 350 g/mol. The summed E-state index contributed by atoms with van der Waals surface area (Å²) in [5.41, 5.74) is 11.6. The lowest BCUT2D eigenvalue weighted by molar-refractivity contribution is 0.111. The Hall–Kier alpha value is -2.30. The highest BCUT2D eigenvalue weighted by molar-refractivity contribution is 6.00. The van der Waals surface area contributed by atoms with Gasteiger partial charge in [-0.3, -0.25) is 9.59 Å². The molecule has 0 bridgehead atoms. The van der Waals surface area contributed by atoms with Gasteiger partial charge in [0.25, 0.3) is 0 Å². The number of hydrogen-bond acceptors (Lipinski definition) is 4. The van der Waals surface area contributed by atoms with Crippen molar-refractivity contribution < 1.29 is 19.1 Å². The average molecular weight is 350 g/mol. The Kier molecular flexibility index (Phi) is 4.05. The summed E-state index contributed by atoms with van der Waals surface area (Å²) in [7, 11) is 0. The molecule has 2 aromatic rings. The van der Waals surface area contributed by atoms with Crippen LogP contribution < -0.4 is 0 Å². The van der Waals surface area contributed by atoms with Crippen LogP contribution in [0.5, 0.6) is 0 Å². The molecule has 0 saturated carbocycles. The third-order valence-electron chi connectivity index (χ3n) is 6.11. The topological polar surface area (TPSA) is 52.6 Å². The van der Waals surface area contributed by atoms with Crippen LogP contribution in [-0.4, -0.2) is 12.6 Å². The maximum atomic E-state index is 12.0. The minimum atomic E-state index is 0.541. The lowest BCUT2D eigenvalue weighted by Crippen LogP contribution is -2.08. The van der Waals surface area contributed by atoms with Gasteiger partial charge in [0.1, 0.15) is 0 Å². The Bertz CT molecular complexity index is 890. The zero-order valence-corrected chi connectivity index (χ0v) is 15.6. The van der Waals surface area contributed by atoms with Gasteiger partial charge in [-0.1, -0.05) is 0 Å². The number of benzene rings is 2. The summed E-state index contributed by atoms with van der Waals surface area (Å²) < 4.78 is 11.3. The van der Waals surface area contributed by atoms with Crippen LogP contribution in [-0.2, 0) is 35.9 Å². The molecule has 0 aromatic heterocycles. The molecule has 0 radical (unpaired) electrons. The second-order valence-corrected chi connectivity index (χ2v) is 7.21. The Morgan fingerprint density at radius 1 is 0.577 bits per heavy atom. The molecule has 0 saturated heterocycles. The number of carbonyl (C=O) groups excluding carboxylic acids is 2. The Morgan fingerprint density at radius 2 is 0.885 bits per heavy atom. The van der Waals surface area contributed by atoms with E-state index >= 15 is 0 Å². The van der Waals surface area contributed by atoms with Crippen LogP contribution in [0.4, 0.5) is 0 Å². The highest BCUT2D eigenvalue weighted by Gasteiger charge is 2.29. The summed E-state index contributed by atoms with van der Waals surface area (Å²) in [6.07, 6.45) is 1.84. The number of aldehydes is 2. The summed E-state index contributed by atoms with van der Waals surface area (Å²) in [6.45, 7) is 10.2. The summed E-state index contributed by atoms with van der Waals surface area (Å²) in [5, 5.41) is 0. The minimum absolute atomic E-state index is 0.541. The molecule has 2 aliphatic heterocycles. The normalized spacial score (nSPS) is 15.1. The summed E-state index contributed by atoms with van der Waals surface area (Å²) >= 11 is 0. The molecular weight excluding hydrogens is 328 g/mol. The second kappa shape index (κ2) is 6.15. The van der Waals surface area contributed by atoms with Gasteiger partial charge in [0.05, 0.1) is 26.4 Å². The highest BCUT2D eigenvalue weighted by atomic mass is 16.5. The highest BCUT2D eigenvalue weighted by Crippen LogP contribution is 2.43. The fourth-order valence-electron chi connectivity index (χ4n) is 4.54. The maximum absolute atomic E-state index is 12.0. The molecule has 0 spiro atoms. The maximum Gasteiger partial charge on any atom is 0.150 e. The lowest BCUT2D eigenvalue weighted by Gasteiger charge is -2.22. The molecule has 26 heavy (non-hydrogen) atoms. The molecule has 0 fully saturated rings. The molecule has 4 heteroatoms. The summed E-state index contributed by atoms with van der Waals surface area (Å²) in [6, 6.07) is 0. The van der Waals surface area contributed by atoms with Crippen molar-refractivity contribution >= 4 is 12.6 Å². The SMILES string of the molecule is Cc1c(C=O)c(-c2c(C)c3c(c(C)c2C=O)COC3)c(C)c2c1COC2. The number of hydrogen-bond donors (Lipinski definition) is 0. The molecule has 4 nitrogen and oxygen atoms in total. The van der Waals surface area contributed by atoms with Crippen molar-refractivity contribution in [2.24, 2.45) is 0 Å². The van der Waals surface area contributed by atoms with Gasteiger partial charge in [0, 0.05) is 11.1 Å². The lowest BCUT2D eigenvalue weighted by atomic mass is 9.80. The largest absolute Gasteiger partial charge is 0.372 e. The molecule has 2 heterocycles. The fourth-order valence-corrected chi connectivity index (χ4v) is 4.54. The smallest absolute Gasteiger partial charge is 0.150 e. The first-order chi connectivity index (χ1) is 12.5. The van der Waals surface area contributed by atoms with Crippen molar-refractivity contribution in [3.8, 4) is 11.1 Å². The zero-order chi connectivity index (χ0) is 18.6. The second-order valence-electron chi connectivity index (χ2n) is 7.21. The van der Waals surface area contributed by atoms with E-state index in [9.17, 15) is 9.59 Å². The van der Waals surface area contributed by atoms with Crippen LogP contribution in [0.2, 0.25) is 0 Å². The molecule has 2 aliphatic rings. The van der Waals surface area contributed by atoms with Crippen LogP contribution in [0.15, 0.2) is 0 Å². The van der Waals surface area contributed by atoms with Crippen molar-refractivity contribution in [3.05, 3.63) is 55.6 Å². The molecule has 2 aromatic carbocycles. The van der Waals surface area contributed by atoms with Gasteiger partial charge in [0.15, 0.2) is 12.6 Å². The molecule has 4 rings (SSSR count). The Labute approximate surface area is 153 Å². The third kappa shape index (κ3) is 2.15. The summed E-state index contributed by atoms with van der Waals surface area (Å²) in [4.78, 5) is 24.1. The van der Waals surface area contributed by atoms with E-state index in [2.05, 4.69) is 0 Å².